The highest BCUT2D eigenvalue weighted by atomic mass is 19.1. The zero-order chi connectivity index (χ0) is 23.3. The molecule has 34 heavy (non-hydrogen) atoms. The molecule has 0 fully saturated rings. The molecule has 0 aliphatic carbocycles. The molecule has 0 spiro atoms. The van der Waals surface area contributed by atoms with Gasteiger partial charge in [0.25, 0.3) is 0 Å². The molecule has 0 aliphatic heterocycles. The number of nitrogen functional groups attached to an aromatic ring is 1. The first-order valence-corrected chi connectivity index (χ1v) is 10.5. The van der Waals surface area contributed by atoms with Gasteiger partial charge in [0.15, 0.2) is 5.75 Å². The smallest absolute Gasteiger partial charge is 0.157 e. The molecule has 0 bridgehead atoms. The van der Waals surface area contributed by atoms with E-state index < -0.39 is 0 Å². The summed E-state index contributed by atoms with van der Waals surface area (Å²) in [5.74, 6) is 1.09. The SMILES string of the molecule is Nc1ncnc(Nc2ccc3c(cnn3Cc3cccc(F)c3)c2)c1C=NOc1ccccc1. The van der Waals surface area contributed by atoms with E-state index in [4.69, 9.17) is 10.6 Å². The zero-order valence-electron chi connectivity index (χ0n) is 18.0. The minimum absolute atomic E-state index is 0.266. The van der Waals surface area contributed by atoms with Crippen LogP contribution in [0.4, 0.5) is 21.7 Å². The molecule has 2 aromatic heterocycles. The van der Waals surface area contributed by atoms with Crippen LogP contribution < -0.4 is 15.9 Å². The second-order valence-corrected chi connectivity index (χ2v) is 7.49. The third-order valence-corrected chi connectivity index (χ3v) is 5.12. The fourth-order valence-corrected chi connectivity index (χ4v) is 3.49. The second-order valence-electron chi connectivity index (χ2n) is 7.49. The van der Waals surface area contributed by atoms with E-state index in [1.165, 1.54) is 24.7 Å². The number of hydrogen-bond donors (Lipinski definition) is 2. The number of nitrogens with one attached hydrogen (secondary N) is 1. The number of benzene rings is 3. The minimum Gasteiger partial charge on any atom is -0.383 e. The lowest BCUT2D eigenvalue weighted by molar-refractivity contribution is 0.344. The summed E-state index contributed by atoms with van der Waals surface area (Å²) < 4.78 is 15.3. The van der Waals surface area contributed by atoms with Gasteiger partial charge in [-0.2, -0.15) is 5.10 Å². The van der Waals surface area contributed by atoms with Gasteiger partial charge in [0, 0.05) is 11.1 Å². The number of anilines is 3. The van der Waals surface area contributed by atoms with Crippen LogP contribution in [0.2, 0.25) is 0 Å². The van der Waals surface area contributed by atoms with Gasteiger partial charge in [0.1, 0.15) is 23.8 Å². The van der Waals surface area contributed by atoms with Crippen molar-refractivity contribution in [1.29, 1.82) is 0 Å². The quantitative estimate of drug-likeness (QED) is 0.272. The Morgan fingerprint density at radius 3 is 2.76 bits per heavy atom. The first-order chi connectivity index (χ1) is 16.7. The Morgan fingerprint density at radius 2 is 1.91 bits per heavy atom. The van der Waals surface area contributed by atoms with Gasteiger partial charge >= 0.3 is 0 Å². The van der Waals surface area contributed by atoms with E-state index in [1.54, 1.807) is 24.4 Å². The van der Waals surface area contributed by atoms with Crippen molar-refractivity contribution in [3.63, 3.8) is 0 Å². The highest BCUT2D eigenvalue weighted by molar-refractivity contribution is 5.93. The van der Waals surface area contributed by atoms with Gasteiger partial charge in [-0.25, -0.2) is 14.4 Å². The summed E-state index contributed by atoms with van der Waals surface area (Å²) in [6.07, 6.45) is 4.62. The second kappa shape index (κ2) is 9.37. The lowest BCUT2D eigenvalue weighted by Crippen LogP contribution is -2.05. The Balaban J connectivity index is 1.36. The topological polar surface area (TPSA) is 103 Å². The van der Waals surface area contributed by atoms with Gasteiger partial charge in [0.2, 0.25) is 0 Å². The normalized spacial score (nSPS) is 11.2. The number of para-hydroxylation sites is 1. The summed E-state index contributed by atoms with van der Waals surface area (Å²) in [5, 5.41) is 12.6. The Labute approximate surface area is 194 Å². The molecular formula is C25H20FN7O. The van der Waals surface area contributed by atoms with Crippen molar-refractivity contribution in [2.45, 2.75) is 6.54 Å². The van der Waals surface area contributed by atoms with E-state index in [0.29, 0.717) is 23.7 Å². The monoisotopic (exact) mass is 453 g/mol. The van der Waals surface area contributed by atoms with E-state index >= 15 is 0 Å². The molecule has 2 heterocycles. The van der Waals surface area contributed by atoms with E-state index in [1.807, 2.05) is 47.1 Å². The summed E-state index contributed by atoms with van der Waals surface area (Å²) in [6, 6.07) is 21.5. The number of halogens is 1. The van der Waals surface area contributed by atoms with Crippen molar-refractivity contribution in [2.75, 3.05) is 11.1 Å². The predicted molar refractivity (Wildman–Crippen MR) is 130 cm³/mol. The Kier molecular flexibility index (Phi) is 5.81. The van der Waals surface area contributed by atoms with Crippen LogP contribution in [0.5, 0.6) is 5.75 Å². The maximum absolute atomic E-state index is 13.5. The van der Waals surface area contributed by atoms with Gasteiger partial charge in [-0.1, -0.05) is 35.5 Å². The van der Waals surface area contributed by atoms with Crippen molar-refractivity contribution >= 4 is 34.4 Å². The number of oxime groups is 1. The van der Waals surface area contributed by atoms with Crippen molar-refractivity contribution in [3.8, 4) is 5.75 Å². The van der Waals surface area contributed by atoms with Crippen LogP contribution in [0.25, 0.3) is 10.9 Å². The largest absolute Gasteiger partial charge is 0.383 e. The molecule has 8 nitrogen and oxygen atoms in total. The maximum Gasteiger partial charge on any atom is 0.157 e. The highest BCUT2D eigenvalue weighted by Gasteiger charge is 2.10. The van der Waals surface area contributed by atoms with Crippen LogP contribution >= 0.6 is 0 Å². The number of hydrogen-bond acceptors (Lipinski definition) is 7. The molecule has 3 aromatic carbocycles. The fourth-order valence-electron chi connectivity index (χ4n) is 3.49. The molecule has 5 rings (SSSR count). The molecule has 168 valence electrons. The van der Waals surface area contributed by atoms with Gasteiger partial charge in [-0.3, -0.25) is 4.68 Å². The van der Waals surface area contributed by atoms with Gasteiger partial charge in [-0.05, 0) is 48.0 Å². The number of fused-ring (bicyclic) bond motifs is 1. The predicted octanol–water partition coefficient (Wildman–Crippen LogP) is 4.75. The third-order valence-electron chi connectivity index (χ3n) is 5.12. The lowest BCUT2D eigenvalue weighted by atomic mass is 10.2. The van der Waals surface area contributed by atoms with Crippen LogP contribution in [-0.4, -0.2) is 26.0 Å². The Bertz CT molecular complexity index is 1470. The summed E-state index contributed by atoms with van der Waals surface area (Å²) >= 11 is 0. The van der Waals surface area contributed by atoms with E-state index in [-0.39, 0.29) is 11.6 Å². The van der Waals surface area contributed by atoms with Crippen LogP contribution in [0.1, 0.15) is 11.1 Å². The number of aromatic nitrogens is 4. The molecule has 0 saturated heterocycles. The average Bonchev–Trinajstić information content (AvgIpc) is 3.23. The van der Waals surface area contributed by atoms with Gasteiger partial charge in [0.05, 0.1) is 30.0 Å². The maximum atomic E-state index is 13.5. The van der Waals surface area contributed by atoms with Crippen molar-refractivity contribution in [2.24, 2.45) is 5.16 Å². The first-order valence-electron chi connectivity index (χ1n) is 10.5. The van der Waals surface area contributed by atoms with Crippen LogP contribution in [0.15, 0.2) is 90.5 Å². The van der Waals surface area contributed by atoms with E-state index in [0.717, 1.165) is 22.2 Å². The Hall–Kier alpha value is -4.79. The number of rotatable bonds is 7. The van der Waals surface area contributed by atoms with Crippen molar-refractivity contribution in [3.05, 3.63) is 102 Å². The van der Waals surface area contributed by atoms with Crippen LogP contribution in [0.3, 0.4) is 0 Å². The lowest BCUT2D eigenvalue weighted by Gasteiger charge is -2.10. The van der Waals surface area contributed by atoms with E-state index in [9.17, 15) is 4.39 Å². The molecule has 0 aliphatic rings. The molecule has 0 saturated carbocycles. The molecular weight excluding hydrogens is 433 g/mol. The fraction of sp³-hybridized carbons (Fsp3) is 0.0400. The minimum atomic E-state index is -0.266. The summed E-state index contributed by atoms with van der Waals surface area (Å²) in [6.45, 7) is 0.471. The Morgan fingerprint density at radius 1 is 1.03 bits per heavy atom. The third kappa shape index (κ3) is 4.68. The van der Waals surface area contributed by atoms with Crippen molar-refractivity contribution < 1.29 is 9.23 Å². The average molecular weight is 453 g/mol. The number of nitrogens with zero attached hydrogens (tertiary/aromatic N) is 5. The van der Waals surface area contributed by atoms with Crippen molar-refractivity contribution in [1.82, 2.24) is 19.7 Å². The molecule has 5 aromatic rings. The van der Waals surface area contributed by atoms with Gasteiger partial charge in [-0.15, -0.1) is 0 Å². The molecule has 3 N–H and O–H groups in total. The molecule has 0 unspecified atom stereocenters. The zero-order valence-corrected chi connectivity index (χ0v) is 18.0. The number of nitrogens with two attached hydrogens (primary N) is 1. The molecule has 0 amide bonds. The summed E-state index contributed by atoms with van der Waals surface area (Å²) in [4.78, 5) is 13.7. The molecule has 0 radical (unpaired) electrons. The standard InChI is InChI=1S/C25H20FN7O/c26-19-6-4-5-17(11-19)15-33-23-10-9-20(12-18(23)13-30-33)32-25-22(24(27)28-16-29-25)14-31-34-21-7-2-1-3-8-21/h1-14,16H,15H2,(H3,27,28,29,32). The summed E-state index contributed by atoms with van der Waals surface area (Å²) in [5.41, 5.74) is 9.11. The molecule has 0 atom stereocenters. The van der Waals surface area contributed by atoms with Gasteiger partial charge < -0.3 is 15.9 Å². The van der Waals surface area contributed by atoms with Crippen LogP contribution in [-0.2, 0) is 6.54 Å². The molecule has 9 heteroatoms. The van der Waals surface area contributed by atoms with E-state index in [2.05, 4.69) is 25.5 Å². The highest BCUT2D eigenvalue weighted by Crippen LogP contribution is 2.25. The first kappa shape index (κ1) is 21.1. The van der Waals surface area contributed by atoms with Crippen LogP contribution in [0, 0.1) is 5.82 Å². The summed E-state index contributed by atoms with van der Waals surface area (Å²) in [7, 11) is 0.